The zero-order valence-electron chi connectivity index (χ0n) is 8.90. The van der Waals surface area contributed by atoms with Crippen molar-refractivity contribution in [3.63, 3.8) is 0 Å². The van der Waals surface area contributed by atoms with E-state index >= 15 is 0 Å². The summed E-state index contributed by atoms with van der Waals surface area (Å²) in [5.41, 5.74) is 0.551. The van der Waals surface area contributed by atoms with Crippen LogP contribution in [0, 0.1) is 0 Å². The monoisotopic (exact) mass is 312 g/mol. The van der Waals surface area contributed by atoms with Crippen molar-refractivity contribution in [3.8, 4) is 0 Å². The molecule has 0 aliphatic heterocycles. The maximum atomic E-state index is 11.9. The van der Waals surface area contributed by atoms with E-state index in [1.54, 1.807) is 12.1 Å². The third kappa shape index (κ3) is 2.86. The van der Waals surface area contributed by atoms with E-state index in [0.29, 0.717) is 16.7 Å². The second kappa shape index (κ2) is 5.33. The molecule has 0 saturated carbocycles. The quantitative estimate of drug-likeness (QED) is 0.854. The van der Waals surface area contributed by atoms with Gasteiger partial charge in [-0.25, -0.2) is 5.10 Å². The average Bonchev–Trinajstić information content (AvgIpc) is 2.77. The van der Waals surface area contributed by atoms with Gasteiger partial charge in [-0.2, -0.15) is 4.98 Å². The minimum atomic E-state index is -0.235. The van der Waals surface area contributed by atoms with Gasteiger partial charge in [-0.1, -0.05) is 23.9 Å². The van der Waals surface area contributed by atoms with Crippen LogP contribution in [0.3, 0.4) is 0 Å². The maximum absolute atomic E-state index is 11.9. The molecule has 1 aromatic heterocycles. The number of H-pyrrole nitrogens is 1. The normalized spacial score (nSPS) is 10.2. The number of aromatic amines is 1. The molecular formula is C10H9BrN4OS. The first-order valence-corrected chi connectivity index (χ1v) is 6.74. The van der Waals surface area contributed by atoms with E-state index in [9.17, 15) is 4.79 Å². The zero-order chi connectivity index (χ0) is 12.3. The first kappa shape index (κ1) is 12.1. The molecule has 17 heavy (non-hydrogen) atoms. The molecule has 1 heterocycles. The lowest BCUT2D eigenvalue weighted by molar-refractivity contribution is 0.102. The van der Waals surface area contributed by atoms with Crippen LogP contribution in [0.15, 0.2) is 33.9 Å². The van der Waals surface area contributed by atoms with Crippen LogP contribution in [0.1, 0.15) is 10.4 Å². The smallest absolute Gasteiger partial charge is 0.259 e. The van der Waals surface area contributed by atoms with Crippen LogP contribution in [0.2, 0.25) is 0 Å². The van der Waals surface area contributed by atoms with Crippen LogP contribution in [0.5, 0.6) is 0 Å². The van der Waals surface area contributed by atoms with E-state index in [1.165, 1.54) is 11.8 Å². The van der Waals surface area contributed by atoms with Crippen LogP contribution in [-0.2, 0) is 0 Å². The Balaban J connectivity index is 2.14. The highest BCUT2D eigenvalue weighted by Gasteiger charge is 2.11. The third-order valence-electron chi connectivity index (χ3n) is 2.00. The molecule has 0 atom stereocenters. The summed E-state index contributed by atoms with van der Waals surface area (Å²) < 4.78 is 0.738. The summed E-state index contributed by atoms with van der Waals surface area (Å²) >= 11 is 4.72. The van der Waals surface area contributed by atoms with E-state index < -0.39 is 0 Å². The lowest BCUT2D eigenvalue weighted by Crippen LogP contribution is -2.13. The molecular weight excluding hydrogens is 304 g/mol. The Bertz CT molecular complexity index is 543. The van der Waals surface area contributed by atoms with Gasteiger partial charge < -0.3 is 0 Å². The Morgan fingerprint density at radius 2 is 2.24 bits per heavy atom. The highest BCUT2D eigenvalue weighted by atomic mass is 79.9. The molecule has 0 fully saturated rings. The van der Waals surface area contributed by atoms with Crippen LogP contribution in [-0.4, -0.2) is 27.3 Å². The third-order valence-corrected chi connectivity index (χ3v) is 3.24. The fourth-order valence-corrected chi connectivity index (χ4v) is 2.00. The second-order valence-electron chi connectivity index (χ2n) is 3.10. The van der Waals surface area contributed by atoms with Crippen molar-refractivity contribution < 1.29 is 4.79 Å². The largest absolute Gasteiger partial charge is 0.291 e. The number of thioether (sulfide) groups is 1. The van der Waals surface area contributed by atoms with Gasteiger partial charge in [-0.3, -0.25) is 10.1 Å². The van der Waals surface area contributed by atoms with Crippen LogP contribution >= 0.6 is 27.7 Å². The zero-order valence-corrected chi connectivity index (χ0v) is 11.3. The summed E-state index contributed by atoms with van der Waals surface area (Å²) in [4.78, 5) is 16.0. The van der Waals surface area contributed by atoms with Crippen molar-refractivity contribution in [3.05, 3.63) is 34.3 Å². The van der Waals surface area contributed by atoms with E-state index in [-0.39, 0.29) is 5.91 Å². The summed E-state index contributed by atoms with van der Waals surface area (Å²) in [7, 11) is 0. The number of nitrogens with zero attached hydrogens (tertiary/aromatic N) is 2. The molecule has 0 aliphatic carbocycles. The number of aromatic nitrogens is 3. The molecule has 2 aromatic rings. The Morgan fingerprint density at radius 1 is 1.47 bits per heavy atom. The fourth-order valence-electron chi connectivity index (χ4n) is 1.21. The van der Waals surface area contributed by atoms with Crippen molar-refractivity contribution >= 4 is 39.5 Å². The number of carbonyl (C=O) groups excluding carboxylic acids is 1. The highest BCUT2D eigenvalue weighted by Crippen LogP contribution is 2.17. The predicted octanol–water partition coefficient (Wildman–Crippen LogP) is 2.54. The van der Waals surface area contributed by atoms with E-state index in [0.717, 1.165) is 4.47 Å². The van der Waals surface area contributed by atoms with E-state index in [2.05, 4.69) is 36.4 Å². The number of rotatable bonds is 3. The Hall–Kier alpha value is -1.34. The van der Waals surface area contributed by atoms with Gasteiger partial charge in [-0.15, -0.1) is 5.10 Å². The fraction of sp³-hybridized carbons (Fsp3) is 0.100. The van der Waals surface area contributed by atoms with Crippen LogP contribution in [0.25, 0.3) is 0 Å². The maximum Gasteiger partial charge on any atom is 0.259 e. The van der Waals surface area contributed by atoms with Gasteiger partial charge in [0.15, 0.2) is 0 Å². The molecule has 0 spiro atoms. The molecule has 0 unspecified atom stereocenters. The topological polar surface area (TPSA) is 70.7 Å². The molecule has 5 nitrogen and oxygen atoms in total. The first-order valence-electron chi connectivity index (χ1n) is 4.73. The second-order valence-corrected chi connectivity index (χ2v) is 4.73. The first-order chi connectivity index (χ1) is 8.20. The predicted molar refractivity (Wildman–Crippen MR) is 70.3 cm³/mol. The SMILES string of the molecule is CSc1n[nH]c(NC(=O)c2ccccc2Br)n1. The number of hydrogen-bond donors (Lipinski definition) is 2. The van der Waals surface area contributed by atoms with E-state index in [4.69, 9.17) is 0 Å². The Labute approximate surface area is 111 Å². The van der Waals surface area contributed by atoms with Gasteiger partial charge in [0.05, 0.1) is 5.56 Å². The number of carbonyl (C=O) groups is 1. The van der Waals surface area contributed by atoms with Crippen molar-refractivity contribution in [2.45, 2.75) is 5.16 Å². The Kier molecular flexibility index (Phi) is 3.80. The molecule has 0 saturated heterocycles. The van der Waals surface area contributed by atoms with Crippen molar-refractivity contribution in [1.82, 2.24) is 15.2 Å². The van der Waals surface area contributed by atoms with Gasteiger partial charge in [0.1, 0.15) is 0 Å². The highest BCUT2D eigenvalue weighted by molar-refractivity contribution is 9.10. The summed E-state index contributed by atoms with van der Waals surface area (Å²) in [5.74, 6) is 0.108. The standard InChI is InChI=1S/C10H9BrN4OS/c1-17-10-13-9(14-15-10)12-8(16)6-4-2-3-5-7(6)11/h2-5H,1H3,(H2,12,13,14,15,16). The van der Waals surface area contributed by atoms with Crippen LogP contribution < -0.4 is 5.32 Å². The number of nitrogens with one attached hydrogen (secondary N) is 2. The molecule has 7 heteroatoms. The minimum Gasteiger partial charge on any atom is -0.291 e. The number of hydrogen-bond acceptors (Lipinski definition) is 4. The molecule has 0 radical (unpaired) electrons. The van der Waals surface area contributed by atoms with Gasteiger partial charge >= 0.3 is 0 Å². The number of benzene rings is 1. The van der Waals surface area contributed by atoms with Gasteiger partial charge in [0.2, 0.25) is 11.1 Å². The summed E-state index contributed by atoms with van der Waals surface area (Å²) in [5, 5.41) is 9.78. The average molecular weight is 313 g/mol. The van der Waals surface area contributed by atoms with Crippen molar-refractivity contribution in [2.24, 2.45) is 0 Å². The molecule has 0 aliphatic rings. The van der Waals surface area contributed by atoms with Crippen molar-refractivity contribution in [1.29, 1.82) is 0 Å². The number of halogens is 1. The molecule has 1 amide bonds. The molecule has 88 valence electrons. The summed E-state index contributed by atoms with van der Waals surface area (Å²) in [6.45, 7) is 0. The summed E-state index contributed by atoms with van der Waals surface area (Å²) in [6.07, 6.45) is 1.86. The van der Waals surface area contributed by atoms with Gasteiger partial charge in [-0.05, 0) is 34.3 Å². The number of amides is 1. The van der Waals surface area contributed by atoms with Gasteiger partial charge in [0.25, 0.3) is 5.91 Å². The van der Waals surface area contributed by atoms with Crippen molar-refractivity contribution in [2.75, 3.05) is 11.6 Å². The Morgan fingerprint density at radius 3 is 2.88 bits per heavy atom. The molecule has 1 aromatic carbocycles. The molecule has 2 rings (SSSR count). The van der Waals surface area contributed by atoms with Crippen LogP contribution in [0.4, 0.5) is 5.95 Å². The lowest BCUT2D eigenvalue weighted by Gasteiger charge is -2.02. The van der Waals surface area contributed by atoms with E-state index in [1.807, 2.05) is 18.4 Å². The lowest BCUT2D eigenvalue weighted by atomic mass is 10.2. The number of anilines is 1. The molecule has 2 N–H and O–H groups in total. The summed E-state index contributed by atoms with van der Waals surface area (Å²) in [6, 6.07) is 7.18. The molecule has 0 bridgehead atoms. The van der Waals surface area contributed by atoms with Gasteiger partial charge in [0, 0.05) is 4.47 Å². The minimum absolute atomic E-state index is 0.235.